The summed E-state index contributed by atoms with van der Waals surface area (Å²) in [6.45, 7) is 11.4. The number of hydrogen-bond donors (Lipinski definition) is 1. The number of nitrogens with zero attached hydrogens (tertiary/aromatic N) is 2. The van der Waals surface area contributed by atoms with Crippen LogP contribution in [0, 0.1) is 13.8 Å². The zero-order valence-corrected chi connectivity index (χ0v) is 12.4. The van der Waals surface area contributed by atoms with E-state index in [0.29, 0.717) is 19.3 Å². The maximum Gasteiger partial charge on any atom is 0.162 e. The van der Waals surface area contributed by atoms with Crippen LogP contribution < -0.4 is 5.32 Å². The molecule has 0 radical (unpaired) electrons. The Labute approximate surface area is 115 Å². The maximum absolute atomic E-state index is 5.61. The van der Waals surface area contributed by atoms with Gasteiger partial charge in [0.25, 0.3) is 0 Å². The molecule has 0 saturated carbocycles. The van der Waals surface area contributed by atoms with Gasteiger partial charge >= 0.3 is 0 Å². The summed E-state index contributed by atoms with van der Waals surface area (Å²) in [5, 5.41) is 7.92. The number of hydrogen-bond acceptors (Lipinski definition) is 4. The number of aromatic nitrogens is 2. The zero-order chi connectivity index (χ0) is 13.9. The van der Waals surface area contributed by atoms with Crippen LogP contribution in [0.3, 0.4) is 0 Å². The fourth-order valence-electron chi connectivity index (χ4n) is 2.25. The van der Waals surface area contributed by atoms with Crippen molar-refractivity contribution in [2.24, 2.45) is 0 Å². The van der Waals surface area contributed by atoms with Crippen molar-refractivity contribution < 1.29 is 9.47 Å². The first-order valence-electron chi connectivity index (χ1n) is 6.99. The molecule has 0 atom stereocenters. The van der Waals surface area contributed by atoms with Crippen LogP contribution in [0.2, 0.25) is 0 Å². The number of rotatable bonds is 5. The van der Waals surface area contributed by atoms with E-state index in [9.17, 15) is 0 Å². The average molecular weight is 267 g/mol. The number of aryl methyl sites for hydroxylation is 3. The molecule has 2 rings (SSSR count). The van der Waals surface area contributed by atoms with E-state index in [-0.39, 0.29) is 0 Å². The molecule has 0 aliphatic carbocycles. The van der Waals surface area contributed by atoms with Crippen LogP contribution in [0.25, 0.3) is 0 Å². The van der Waals surface area contributed by atoms with Gasteiger partial charge in [0.1, 0.15) is 0 Å². The molecule has 0 aromatic carbocycles. The molecule has 0 bridgehead atoms. The Hall–Kier alpha value is -0.910. The Kier molecular flexibility index (Phi) is 4.60. The molecule has 1 aliphatic heterocycles. The third-order valence-electron chi connectivity index (χ3n) is 3.35. The third kappa shape index (κ3) is 4.30. The van der Waals surface area contributed by atoms with Crippen LogP contribution in [-0.4, -0.2) is 41.4 Å². The summed E-state index contributed by atoms with van der Waals surface area (Å²) >= 11 is 0. The van der Waals surface area contributed by atoms with Gasteiger partial charge in [-0.2, -0.15) is 5.10 Å². The molecule has 1 aliphatic rings. The van der Waals surface area contributed by atoms with E-state index in [0.717, 1.165) is 25.2 Å². The van der Waals surface area contributed by atoms with Crippen LogP contribution in [0.4, 0.5) is 0 Å². The van der Waals surface area contributed by atoms with Gasteiger partial charge in [0.05, 0.1) is 24.9 Å². The second kappa shape index (κ2) is 6.03. The lowest BCUT2D eigenvalue weighted by atomic mass is 10.2. The van der Waals surface area contributed by atoms with Gasteiger partial charge in [-0.15, -0.1) is 0 Å². The molecular weight excluding hydrogens is 242 g/mol. The molecule has 1 N–H and O–H groups in total. The lowest BCUT2D eigenvalue weighted by molar-refractivity contribution is -0.252. The molecule has 5 nitrogen and oxygen atoms in total. The Morgan fingerprint density at radius 2 is 2.05 bits per heavy atom. The molecular formula is C14H25N3O2. The molecule has 1 aromatic rings. The standard InChI is InChI=1S/C14H25N3O2/c1-11-8-12(2)17(16-11)7-5-6-15-13-9-18-14(3,4)19-10-13/h8,13,15H,5-7,9-10H2,1-4H3. The summed E-state index contributed by atoms with van der Waals surface area (Å²) in [6, 6.07) is 2.41. The van der Waals surface area contributed by atoms with Gasteiger partial charge in [-0.25, -0.2) is 0 Å². The largest absolute Gasteiger partial charge is 0.349 e. The van der Waals surface area contributed by atoms with Gasteiger partial charge < -0.3 is 14.8 Å². The normalized spacial score (nSPS) is 19.8. The highest BCUT2D eigenvalue weighted by atomic mass is 16.7. The van der Waals surface area contributed by atoms with E-state index in [4.69, 9.17) is 9.47 Å². The maximum atomic E-state index is 5.61. The highest BCUT2D eigenvalue weighted by Crippen LogP contribution is 2.16. The predicted molar refractivity (Wildman–Crippen MR) is 74.1 cm³/mol. The molecule has 0 spiro atoms. The Bertz CT molecular complexity index is 405. The highest BCUT2D eigenvalue weighted by molar-refractivity contribution is 5.06. The van der Waals surface area contributed by atoms with Crippen molar-refractivity contribution in [3.8, 4) is 0 Å². The Morgan fingerprint density at radius 1 is 1.37 bits per heavy atom. The van der Waals surface area contributed by atoms with E-state index in [2.05, 4.69) is 28.1 Å². The lowest BCUT2D eigenvalue weighted by Gasteiger charge is -2.35. The smallest absolute Gasteiger partial charge is 0.162 e. The van der Waals surface area contributed by atoms with Gasteiger partial charge in [0, 0.05) is 12.2 Å². The first-order chi connectivity index (χ1) is 8.96. The lowest BCUT2D eigenvalue weighted by Crippen LogP contribution is -2.48. The predicted octanol–water partition coefficient (Wildman–Crippen LogP) is 1.63. The van der Waals surface area contributed by atoms with E-state index in [1.54, 1.807) is 0 Å². The molecule has 1 aromatic heterocycles. The molecule has 0 amide bonds. The fourth-order valence-corrected chi connectivity index (χ4v) is 2.25. The van der Waals surface area contributed by atoms with Gasteiger partial charge in [0.2, 0.25) is 0 Å². The van der Waals surface area contributed by atoms with Crippen LogP contribution in [-0.2, 0) is 16.0 Å². The zero-order valence-electron chi connectivity index (χ0n) is 12.4. The summed E-state index contributed by atoms with van der Waals surface area (Å²) in [7, 11) is 0. The number of ether oxygens (including phenoxy) is 2. The topological polar surface area (TPSA) is 48.3 Å². The fraction of sp³-hybridized carbons (Fsp3) is 0.786. The quantitative estimate of drug-likeness (QED) is 0.824. The van der Waals surface area contributed by atoms with Crippen LogP contribution in [0.1, 0.15) is 31.7 Å². The summed E-state index contributed by atoms with van der Waals surface area (Å²) < 4.78 is 13.3. The molecule has 1 fully saturated rings. The van der Waals surface area contributed by atoms with Crippen molar-refractivity contribution >= 4 is 0 Å². The first kappa shape index (κ1) is 14.5. The summed E-state index contributed by atoms with van der Waals surface area (Å²) in [5.41, 5.74) is 2.31. The van der Waals surface area contributed by atoms with Crippen LogP contribution in [0.15, 0.2) is 6.07 Å². The van der Waals surface area contributed by atoms with Gasteiger partial charge in [-0.05, 0) is 46.7 Å². The third-order valence-corrected chi connectivity index (χ3v) is 3.35. The molecule has 2 heterocycles. The van der Waals surface area contributed by atoms with Crippen molar-refractivity contribution in [2.75, 3.05) is 19.8 Å². The first-order valence-corrected chi connectivity index (χ1v) is 6.99. The molecule has 108 valence electrons. The molecule has 1 saturated heterocycles. The average Bonchev–Trinajstić information content (AvgIpc) is 2.65. The highest BCUT2D eigenvalue weighted by Gasteiger charge is 2.27. The SMILES string of the molecule is Cc1cc(C)n(CCCNC2COC(C)(C)OC2)n1. The number of nitrogens with one attached hydrogen (secondary N) is 1. The Balaban J connectivity index is 1.64. The molecule has 19 heavy (non-hydrogen) atoms. The van der Waals surface area contributed by atoms with Crippen molar-refractivity contribution in [1.82, 2.24) is 15.1 Å². The Morgan fingerprint density at radius 3 is 2.63 bits per heavy atom. The molecule has 0 unspecified atom stereocenters. The van der Waals surface area contributed by atoms with E-state index in [1.165, 1.54) is 5.69 Å². The van der Waals surface area contributed by atoms with Crippen molar-refractivity contribution in [3.05, 3.63) is 17.5 Å². The van der Waals surface area contributed by atoms with Gasteiger partial charge in [0.15, 0.2) is 5.79 Å². The minimum atomic E-state index is -0.429. The second-order valence-corrected chi connectivity index (χ2v) is 5.68. The molecule has 5 heteroatoms. The summed E-state index contributed by atoms with van der Waals surface area (Å²) in [4.78, 5) is 0. The summed E-state index contributed by atoms with van der Waals surface area (Å²) in [5.74, 6) is -0.429. The van der Waals surface area contributed by atoms with E-state index < -0.39 is 5.79 Å². The van der Waals surface area contributed by atoms with Crippen molar-refractivity contribution in [1.29, 1.82) is 0 Å². The summed E-state index contributed by atoms with van der Waals surface area (Å²) in [6.07, 6.45) is 1.06. The monoisotopic (exact) mass is 267 g/mol. The van der Waals surface area contributed by atoms with Crippen molar-refractivity contribution in [2.45, 2.75) is 52.5 Å². The van der Waals surface area contributed by atoms with E-state index >= 15 is 0 Å². The minimum Gasteiger partial charge on any atom is -0.349 e. The second-order valence-electron chi connectivity index (χ2n) is 5.68. The van der Waals surface area contributed by atoms with Gasteiger partial charge in [-0.1, -0.05) is 0 Å². The van der Waals surface area contributed by atoms with Crippen LogP contribution >= 0.6 is 0 Å². The minimum absolute atomic E-state index is 0.300. The van der Waals surface area contributed by atoms with Crippen molar-refractivity contribution in [3.63, 3.8) is 0 Å². The van der Waals surface area contributed by atoms with Gasteiger partial charge in [-0.3, -0.25) is 4.68 Å². The van der Waals surface area contributed by atoms with Crippen LogP contribution in [0.5, 0.6) is 0 Å². The van der Waals surface area contributed by atoms with E-state index in [1.807, 2.05) is 20.8 Å².